The van der Waals surface area contributed by atoms with Gasteiger partial charge in [0, 0.05) is 12.1 Å². The lowest BCUT2D eigenvalue weighted by atomic mass is 10.1. The van der Waals surface area contributed by atoms with Crippen molar-refractivity contribution in [2.75, 3.05) is 0 Å². The predicted octanol–water partition coefficient (Wildman–Crippen LogP) is 4.14. The third kappa shape index (κ3) is 1.77. The highest BCUT2D eigenvalue weighted by Gasteiger charge is 2.27. The van der Waals surface area contributed by atoms with E-state index in [4.69, 9.17) is 4.42 Å². The average Bonchev–Trinajstić information content (AvgIpc) is 3.11. The molecule has 0 aliphatic heterocycles. The van der Waals surface area contributed by atoms with Gasteiger partial charge in [-0.25, -0.2) is 0 Å². The van der Waals surface area contributed by atoms with Gasteiger partial charge in [-0.05, 0) is 28.3 Å². The Hall–Kier alpha value is -2.32. The van der Waals surface area contributed by atoms with Crippen molar-refractivity contribution in [2.45, 2.75) is 12.6 Å². The van der Waals surface area contributed by atoms with Crippen molar-refractivity contribution in [3.63, 3.8) is 0 Å². The lowest BCUT2D eigenvalue weighted by Gasteiger charge is -2.15. The number of benzene rings is 2. The Bertz CT molecular complexity index is 685. The summed E-state index contributed by atoms with van der Waals surface area (Å²) in [5.41, 5.74) is 6.57. The molecule has 0 radical (unpaired) electrons. The van der Waals surface area contributed by atoms with E-state index < -0.39 is 0 Å². The standard InChI is InChI=1S/C18H15NO/c1-3-7-16-14(5-1)15-6-2-4-8-17(15)18(16)19-11-13-9-10-20-12-13/h1-10,12,18-19H,11H2. The normalized spacial score (nSPS) is 13.2. The van der Waals surface area contributed by atoms with Crippen LogP contribution in [0.25, 0.3) is 11.1 Å². The molecule has 1 heterocycles. The van der Waals surface area contributed by atoms with Gasteiger partial charge in [0.05, 0.1) is 18.6 Å². The van der Waals surface area contributed by atoms with Crippen LogP contribution in [-0.4, -0.2) is 0 Å². The Kier molecular flexibility index (Phi) is 2.68. The highest BCUT2D eigenvalue weighted by molar-refractivity contribution is 5.78. The summed E-state index contributed by atoms with van der Waals surface area (Å²) in [7, 11) is 0. The zero-order chi connectivity index (χ0) is 13.4. The molecule has 0 bridgehead atoms. The van der Waals surface area contributed by atoms with Crippen LogP contribution in [0.5, 0.6) is 0 Å². The molecule has 0 fully saturated rings. The number of fused-ring (bicyclic) bond motifs is 3. The summed E-state index contributed by atoms with van der Waals surface area (Å²) in [5.74, 6) is 0. The Balaban J connectivity index is 1.72. The average molecular weight is 261 g/mol. The van der Waals surface area contributed by atoms with Gasteiger partial charge in [0.15, 0.2) is 0 Å². The van der Waals surface area contributed by atoms with Crippen molar-refractivity contribution in [1.82, 2.24) is 5.32 Å². The first-order valence-corrected chi connectivity index (χ1v) is 6.86. The van der Waals surface area contributed by atoms with E-state index in [0.717, 1.165) is 6.54 Å². The van der Waals surface area contributed by atoms with E-state index >= 15 is 0 Å². The van der Waals surface area contributed by atoms with E-state index in [-0.39, 0.29) is 6.04 Å². The summed E-state index contributed by atoms with van der Waals surface area (Å²) < 4.78 is 5.13. The van der Waals surface area contributed by atoms with Crippen molar-refractivity contribution in [3.05, 3.63) is 83.8 Å². The Labute approximate surface area is 118 Å². The number of furan rings is 1. The van der Waals surface area contributed by atoms with Crippen molar-refractivity contribution < 1.29 is 4.42 Å². The van der Waals surface area contributed by atoms with Crippen LogP contribution >= 0.6 is 0 Å². The molecule has 4 rings (SSSR count). The van der Waals surface area contributed by atoms with Crippen molar-refractivity contribution in [2.24, 2.45) is 0 Å². The summed E-state index contributed by atoms with van der Waals surface area (Å²) in [6.07, 6.45) is 3.51. The second kappa shape index (κ2) is 4.66. The summed E-state index contributed by atoms with van der Waals surface area (Å²) in [4.78, 5) is 0. The van der Waals surface area contributed by atoms with Gasteiger partial charge in [-0.1, -0.05) is 48.5 Å². The number of hydrogen-bond acceptors (Lipinski definition) is 2. The second-order valence-corrected chi connectivity index (χ2v) is 5.12. The van der Waals surface area contributed by atoms with Gasteiger partial charge in [0.25, 0.3) is 0 Å². The highest BCUT2D eigenvalue weighted by Crippen LogP contribution is 2.43. The summed E-state index contributed by atoms with van der Waals surface area (Å²) >= 11 is 0. The molecular weight excluding hydrogens is 246 g/mol. The topological polar surface area (TPSA) is 25.2 Å². The van der Waals surface area contributed by atoms with Gasteiger partial charge < -0.3 is 9.73 Å². The molecule has 2 heteroatoms. The fourth-order valence-electron chi connectivity index (χ4n) is 2.99. The van der Waals surface area contributed by atoms with Gasteiger partial charge in [-0.3, -0.25) is 0 Å². The maximum Gasteiger partial charge on any atom is 0.0947 e. The zero-order valence-electron chi connectivity index (χ0n) is 11.0. The van der Waals surface area contributed by atoms with Gasteiger partial charge in [0.2, 0.25) is 0 Å². The number of nitrogens with one attached hydrogen (secondary N) is 1. The SMILES string of the molecule is c1ccc2c(c1)-c1ccccc1C2NCc1ccoc1. The molecule has 0 saturated carbocycles. The van der Waals surface area contributed by atoms with Crippen LogP contribution in [0.3, 0.4) is 0 Å². The number of hydrogen-bond donors (Lipinski definition) is 1. The first kappa shape index (κ1) is 11.5. The van der Waals surface area contributed by atoms with Crippen LogP contribution in [0.4, 0.5) is 0 Å². The van der Waals surface area contributed by atoms with Crippen LogP contribution in [0.2, 0.25) is 0 Å². The van der Waals surface area contributed by atoms with Crippen LogP contribution in [-0.2, 0) is 6.54 Å². The van der Waals surface area contributed by atoms with E-state index in [1.165, 1.54) is 27.8 Å². The quantitative estimate of drug-likeness (QED) is 0.766. The van der Waals surface area contributed by atoms with Crippen LogP contribution in [0.15, 0.2) is 71.5 Å². The lowest BCUT2D eigenvalue weighted by Crippen LogP contribution is -2.19. The molecule has 20 heavy (non-hydrogen) atoms. The largest absolute Gasteiger partial charge is 0.472 e. The molecule has 1 aliphatic rings. The third-order valence-corrected chi connectivity index (χ3v) is 3.92. The maximum atomic E-state index is 5.13. The minimum Gasteiger partial charge on any atom is -0.472 e. The molecule has 98 valence electrons. The maximum absolute atomic E-state index is 5.13. The van der Waals surface area contributed by atoms with Crippen LogP contribution in [0.1, 0.15) is 22.7 Å². The molecule has 0 atom stereocenters. The van der Waals surface area contributed by atoms with Gasteiger partial charge in [-0.2, -0.15) is 0 Å². The molecule has 0 saturated heterocycles. The fourth-order valence-corrected chi connectivity index (χ4v) is 2.99. The van der Waals surface area contributed by atoms with Crippen molar-refractivity contribution in [1.29, 1.82) is 0 Å². The Morgan fingerprint density at radius 1 is 0.850 bits per heavy atom. The molecule has 1 aliphatic carbocycles. The Morgan fingerprint density at radius 2 is 1.50 bits per heavy atom. The van der Waals surface area contributed by atoms with E-state index in [1.54, 1.807) is 12.5 Å². The van der Waals surface area contributed by atoms with E-state index in [0.29, 0.717) is 0 Å². The molecule has 3 aromatic rings. The summed E-state index contributed by atoms with van der Waals surface area (Å²) in [6, 6.07) is 19.5. The Morgan fingerprint density at radius 3 is 2.10 bits per heavy atom. The molecule has 0 spiro atoms. The predicted molar refractivity (Wildman–Crippen MR) is 79.3 cm³/mol. The van der Waals surface area contributed by atoms with E-state index in [9.17, 15) is 0 Å². The van der Waals surface area contributed by atoms with Gasteiger partial charge in [0.1, 0.15) is 0 Å². The smallest absolute Gasteiger partial charge is 0.0947 e. The minimum atomic E-state index is 0.261. The van der Waals surface area contributed by atoms with Crippen LogP contribution < -0.4 is 5.32 Å². The summed E-state index contributed by atoms with van der Waals surface area (Å²) in [5, 5.41) is 3.64. The van der Waals surface area contributed by atoms with E-state index in [2.05, 4.69) is 53.8 Å². The van der Waals surface area contributed by atoms with Crippen molar-refractivity contribution in [3.8, 4) is 11.1 Å². The second-order valence-electron chi connectivity index (χ2n) is 5.12. The van der Waals surface area contributed by atoms with E-state index in [1.807, 2.05) is 6.07 Å². The molecule has 2 aromatic carbocycles. The molecule has 0 amide bonds. The van der Waals surface area contributed by atoms with Crippen LogP contribution in [0, 0.1) is 0 Å². The highest BCUT2D eigenvalue weighted by atomic mass is 16.3. The first-order valence-electron chi connectivity index (χ1n) is 6.86. The monoisotopic (exact) mass is 261 g/mol. The minimum absolute atomic E-state index is 0.261. The van der Waals surface area contributed by atoms with Gasteiger partial charge in [-0.15, -0.1) is 0 Å². The first-order chi connectivity index (χ1) is 9.93. The number of rotatable bonds is 3. The van der Waals surface area contributed by atoms with Crippen molar-refractivity contribution >= 4 is 0 Å². The lowest BCUT2D eigenvalue weighted by molar-refractivity contribution is 0.555. The fraction of sp³-hybridized carbons (Fsp3) is 0.111. The van der Waals surface area contributed by atoms with Gasteiger partial charge >= 0.3 is 0 Å². The molecule has 2 nitrogen and oxygen atoms in total. The molecule has 0 unspecified atom stereocenters. The zero-order valence-corrected chi connectivity index (χ0v) is 11.0. The molecular formula is C18H15NO. The molecule has 1 N–H and O–H groups in total. The summed E-state index contributed by atoms with van der Waals surface area (Å²) in [6.45, 7) is 0.809. The molecule has 1 aromatic heterocycles. The third-order valence-electron chi connectivity index (χ3n) is 3.92.